The topological polar surface area (TPSA) is 205 Å². The number of carbonyl (C=O) groups excluding carboxylic acids is 3. The Labute approximate surface area is 132 Å². The fraction of sp³-hybridized carbons (Fsp3) is 0.667. The second-order valence-electron chi connectivity index (χ2n) is 4.92. The van der Waals surface area contributed by atoms with E-state index in [1.54, 1.807) is 0 Å². The highest BCUT2D eigenvalue weighted by Gasteiger charge is 2.29. The molecule has 0 saturated carbocycles. The number of nitrogens with one attached hydrogen (secondary N) is 2. The Hall–Kier alpha value is -2.24. The predicted molar refractivity (Wildman–Crippen MR) is 76.7 cm³/mol. The maximum atomic E-state index is 11.8. The summed E-state index contributed by atoms with van der Waals surface area (Å²) in [6.07, 6.45) is -1.57. The second kappa shape index (κ2) is 9.71. The van der Waals surface area contributed by atoms with E-state index in [2.05, 4.69) is 5.32 Å². The van der Waals surface area contributed by atoms with Gasteiger partial charge in [0.15, 0.2) is 6.04 Å². The summed E-state index contributed by atoms with van der Waals surface area (Å²) in [6.45, 7) is 0.345. The lowest BCUT2D eigenvalue weighted by Crippen LogP contribution is -2.57. The zero-order valence-corrected chi connectivity index (χ0v) is 12.6. The van der Waals surface area contributed by atoms with Gasteiger partial charge in [-0.3, -0.25) is 14.4 Å². The summed E-state index contributed by atoms with van der Waals surface area (Å²) in [7, 11) is 0. The largest absolute Gasteiger partial charge is 0.480 e. The van der Waals surface area contributed by atoms with Gasteiger partial charge in [0, 0.05) is 6.42 Å². The van der Waals surface area contributed by atoms with Crippen LogP contribution in [0.2, 0.25) is 0 Å². The molecule has 0 saturated heterocycles. The van der Waals surface area contributed by atoms with Crippen LogP contribution < -0.4 is 22.1 Å². The molecule has 0 aliphatic rings. The lowest BCUT2D eigenvalue weighted by molar-refractivity contribution is -0.145. The second-order valence-corrected chi connectivity index (χ2v) is 4.92. The van der Waals surface area contributed by atoms with E-state index in [9.17, 15) is 24.3 Å². The third-order valence-electron chi connectivity index (χ3n) is 2.90. The van der Waals surface area contributed by atoms with Crippen molar-refractivity contribution in [1.82, 2.24) is 10.6 Å². The minimum absolute atomic E-state index is 0.0492. The quantitative estimate of drug-likeness (QED) is 0.209. The number of nitrogens with two attached hydrogens (primary N) is 2. The van der Waals surface area contributed by atoms with Crippen LogP contribution in [0.1, 0.15) is 19.8 Å². The molecule has 4 atom stereocenters. The first-order chi connectivity index (χ1) is 10.6. The van der Waals surface area contributed by atoms with Gasteiger partial charge in [0.2, 0.25) is 17.7 Å². The number of carboxylic acid groups (broad SMARTS) is 1. The Morgan fingerprint density at radius 2 is 1.70 bits per heavy atom. The zero-order valence-electron chi connectivity index (χ0n) is 12.6. The van der Waals surface area contributed by atoms with E-state index in [1.165, 1.54) is 0 Å². The number of aliphatic hydroxyl groups excluding tert-OH is 2. The SMILES string of the molecule is C[C@@H](O)[C@H](NC(=O)[C@H](CO)NC(=O)[C@@H](N)CCC(N)=O)C(=O)O. The van der Waals surface area contributed by atoms with Crippen LogP contribution in [-0.2, 0) is 19.2 Å². The molecule has 0 aliphatic heterocycles. The first-order valence-corrected chi connectivity index (χ1v) is 6.76. The maximum Gasteiger partial charge on any atom is 0.328 e. The molecule has 11 heteroatoms. The van der Waals surface area contributed by atoms with Crippen LogP contribution in [-0.4, -0.2) is 69.8 Å². The van der Waals surface area contributed by atoms with Crippen molar-refractivity contribution >= 4 is 23.7 Å². The molecule has 0 spiro atoms. The highest BCUT2D eigenvalue weighted by Crippen LogP contribution is 1.98. The third kappa shape index (κ3) is 7.54. The fourth-order valence-corrected chi connectivity index (χ4v) is 1.54. The standard InChI is InChI=1S/C12H22N4O7/c1-5(18)9(12(22)23)16-11(21)7(4-17)15-10(20)6(13)2-3-8(14)19/h5-7,9,17-18H,2-4,13H2,1H3,(H2,14,19)(H,15,20)(H,16,21)(H,22,23)/t5-,6+,7+,9+/m1/s1. The normalized spacial score (nSPS) is 15.8. The van der Waals surface area contributed by atoms with Crippen molar-refractivity contribution < 1.29 is 34.5 Å². The summed E-state index contributed by atoms with van der Waals surface area (Å²) in [5, 5.41) is 31.4. The van der Waals surface area contributed by atoms with E-state index in [-0.39, 0.29) is 12.8 Å². The molecule has 0 fully saturated rings. The molecular formula is C12H22N4O7. The monoisotopic (exact) mass is 334 g/mol. The van der Waals surface area contributed by atoms with E-state index in [1.807, 2.05) is 5.32 Å². The van der Waals surface area contributed by atoms with E-state index in [4.69, 9.17) is 21.7 Å². The molecule has 0 unspecified atom stereocenters. The molecule has 11 nitrogen and oxygen atoms in total. The highest BCUT2D eigenvalue weighted by atomic mass is 16.4. The van der Waals surface area contributed by atoms with Gasteiger partial charge in [-0.25, -0.2) is 4.79 Å². The van der Waals surface area contributed by atoms with Gasteiger partial charge in [0.1, 0.15) is 6.04 Å². The molecule has 0 bridgehead atoms. The van der Waals surface area contributed by atoms with Gasteiger partial charge in [0.25, 0.3) is 0 Å². The Balaban J connectivity index is 4.69. The average molecular weight is 334 g/mol. The minimum atomic E-state index is -1.60. The Morgan fingerprint density at radius 3 is 2.09 bits per heavy atom. The molecule has 0 rings (SSSR count). The Morgan fingerprint density at radius 1 is 1.13 bits per heavy atom. The van der Waals surface area contributed by atoms with Gasteiger partial charge >= 0.3 is 5.97 Å². The summed E-state index contributed by atoms with van der Waals surface area (Å²) in [4.78, 5) is 45.1. The summed E-state index contributed by atoms with van der Waals surface area (Å²) in [5.74, 6) is -3.94. The maximum absolute atomic E-state index is 11.8. The minimum Gasteiger partial charge on any atom is -0.480 e. The third-order valence-corrected chi connectivity index (χ3v) is 2.90. The lowest BCUT2D eigenvalue weighted by Gasteiger charge is -2.22. The number of rotatable bonds is 10. The summed E-state index contributed by atoms with van der Waals surface area (Å²) in [6, 6.07) is -4.18. The van der Waals surface area contributed by atoms with Crippen molar-refractivity contribution in [2.75, 3.05) is 6.61 Å². The van der Waals surface area contributed by atoms with Crippen molar-refractivity contribution in [3.8, 4) is 0 Å². The van der Waals surface area contributed by atoms with Crippen LogP contribution in [0.25, 0.3) is 0 Å². The molecule has 9 N–H and O–H groups in total. The van der Waals surface area contributed by atoms with Crippen LogP contribution in [0.15, 0.2) is 0 Å². The van der Waals surface area contributed by atoms with Crippen molar-refractivity contribution in [1.29, 1.82) is 0 Å². The van der Waals surface area contributed by atoms with Gasteiger partial charge in [-0.1, -0.05) is 0 Å². The fourth-order valence-electron chi connectivity index (χ4n) is 1.54. The molecular weight excluding hydrogens is 312 g/mol. The first kappa shape index (κ1) is 20.8. The van der Waals surface area contributed by atoms with E-state index in [0.717, 1.165) is 6.92 Å². The molecule has 0 aromatic carbocycles. The summed E-state index contributed by atoms with van der Waals surface area (Å²) >= 11 is 0. The number of hydrogen-bond acceptors (Lipinski definition) is 7. The average Bonchev–Trinajstić information content (AvgIpc) is 2.46. The molecule has 23 heavy (non-hydrogen) atoms. The summed E-state index contributed by atoms with van der Waals surface area (Å²) in [5.41, 5.74) is 10.4. The van der Waals surface area contributed by atoms with Gasteiger partial charge < -0.3 is 37.4 Å². The summed E-state index contributed by atoms with van der Waals surface area (Å²) < 4.78 is 0. The van der Waals surface area contributed by atoms with E-state index < -0.39 is 54.5 Å². The van der Waals surface area contributed by atoms with Crippen LogP contribution in [0, 0.1) is 0 Å². The Bertz CT molecular complexity index is 455. The molecule has 3 amide bonds. The molecule has 0 aliphatic carbocycles. The van der Waals surface area contributed by atoms with Crippen molar-refractivity contribution in [2.24, 2.45) is 11.5 Å². The number of aliphatic carboxylic acids is 1. The highest BCUT2D eigenvalue weighted by molar-refractivity contribution is 5.92. The van der Waals surface area contributed by atoms with Crippen LogP contribution in [0.3, 0.4) is 0 Å². The predicted octanol–water partition coefficient (Wildman–Crippen LogP) is -3.99. The Kier molecular flexibility index (Phi) is 8.77. The molecule has 0 heterocycles. The molecule has 0 aromatic rings. The number of carbonyl (C=O) groups is 4. The van der Waals surface area contributed by atoms with Gasteiger partial charge in [-0.05, 0) is 13.3 Å². The molecule has 0 radical (unpaired) electrons. The van der Waals surface area contributed by atoms with E-state index in [0.29, 0.717) is 0 Å². The van der Waals surface area contributed by atoms with Crippen LogP contribution in [0.5, 0.6) is 0 Å². The number of carboxylic acids is 1. The number of hydrogen-bond donors (Lipinski definition) is 7. The lowest BCUT2D eigenvalue weighted by atomic mass is 10.1. The first-order valence-electron chi connectivity index (χ1n) is 6.76. The number of primary amides is 1. The van der Waals surface area contributed by atoms with Crippen molar-refractivity contribution in [2.45, 2.75) is 44.0 Å². The van der Waals surface area contributed by atoms with Crippen LogP contribution >= 0.6 is 0 Å². The van der Waals surface area contributed by atoms with E-state index >= 15 is 0 Å². The smallest absolute Gasteiger partial charge is 0.328 e. The van der Waals surface area contributed by atoms with Gasteiger partial charge in [0.05, 0.1) is 18.8 Å². The molecule has 0 aromatic heterocycles. The van der Waals surface area contributed by atoms with Crippen molar-refractivity contribution in [3.05, 3.63) is 0 Å². The van der Waals surface area contributed by atoms with Gasteiger partial charge in [-0.15, -0.1) is 0 Å². The zero-order chi connectivity index (χ0) is 18.2. The van der Waals surface area contributed by atoms with Crippen LogP contribution in [0.4, 0.5) is 0 Å². The number of aliphatic hydroxyl groups is 2. The van der Waals surface area contributed by atoms with Gasteiger partial charge in [-0.2, -0.15) is 0 Å². The number of amides is 3. The van der Waals surface area contributed by atoms with Crippen molar-refractivity contribution in [3.63, 3.8) is 0 Å². The molecule has 132 valence electrons.